The minimum Gasteiger partial charge on any atom is -0.316 e. The van der Waals surface area contributed by atoms with Gasteiger partial charge in [-0.15, -0.1) is 0 Å². The highest BCUT2D eigenvalue weighted by atomic mass is 14.9. The van der Waals surface area contributed by atoms with Crippen molar-refractivity contribution < 1.29 is 0 Å². The topological polar surface area (TPSA) is 12.0 Å². The van der Waals surface area contributed by atoms with Gasteiger partial charge in [0.25, 0.3) is 0 Å². The Bertz CT molecular complexity index is 325. The standard InChI is InChI=1S/C17H27N/c1-14-8-10-16(11-9-14)13-18-12-15(2)17-6-4-3-5-7-17/h3-7,14-16,18H,8-13H2,1-2H3. The molecule has 1 heteroatoms. The first kappa shape index (κ1) is 13.6. The lowest BCUT2D eigenvalue weighted by Gasteiger charge is -2.26. The van der Waals surface area contributed by atoms with Crippen molar-refractivity contribution in [2.45, 2.75) is 45.4 Å². The van der Waals surface area contributed by atoms with Crippen LogP contribution in [0.1, 0.15) is 51.0 Å². The molecule has 0 aliphatic heterocycles. The van der Waals surface area contributed by atoms with E-state index in [1.54, 1.807) is 0 Å². The van der Waals surface area contributed by atoms with Gasteiger partial charge in [-0.25, -0.2) is 0 Å². The fraction of sp³-hybridized carbons (Fsp3) is 0.647. The van der Waals surface area contributed by atoms with E-state index in [1.165, 1.54) is 37.8 Å². The lowest BCUT2D eigenvalue weighted by atomic mass is 9.83. The molecule has 0 aromatic heterocycles. The summed E-state index contributed by atoms with van der Waals surface area (Å²) in [5, 5.41) is 3.67. The summed E-state index contributed by atoms with van der Waals surface area (Å²) in [7, 11) is 0. The maximum Gasteiger partial charge on any atom is 0.00176 e. The number of hydrogen-bond acceptors (Lipinski definition) is 1. The van der Waals surface area contributed by atoms with Crippen LogP contribution in [0.25, 0.3) is 0 Å². The summed E-state index contributed by atoms with van der Waals surface area (Å²) in [5.41, 5.74) is 1.45. The fourth-order valence-corrected chi connectivity index (χ4v) is 2.94. The second-order valence-electron chi connectivity index (χ2n) is 6.10. The molecular weight excluding hydrogens is 218 g/mol. The van der Waals surface area contributed by atoms with Crippen molar-refractivity contribution in [3.05, 3.63) is 35.9 Å². The summed E-state index contributed by atoms with van der Waals surface area (Å²) in [6.45, 7) is 7.02. The molecule has 1 aliphatic carbocycles. The van der Waals surface area contributed by atoms with E-state index in [2.05, 4.69) is 49.5 Å². The molecule has 0 spiro atoms. The Balaban J connectivity index is 1.66. The van der Waals surface area contributed by atoms with Crippen molar-refractivity contribution in [1.29, 1.82) is 0 Å². The van der Waals surface area contributed by atoms with Gasteiger partial charge in [0.2, 0.25) is 0 Å². The van der Waals surface area contributed by atoms with Gasteiger partial charge in [-0.1, -0.05) is 57.0 Å². The third-order valence-electron chi connectivity index (χ3n) is 4.39. The largest absolute Gasteiger partial charge is 0.316 e. The molecule has 1 saturated carbocycles. The molecule has 0 saturated heterocycles. The molecule has 1 aliphatic rings. The first-order valence-electron chi connectivity index (χ1n) is 7.51. The van der Waals surface area contributed by atoms with E-state index in [-0.39, 0.29) is 0 Å². The maximum atomic E-state index is 3.67. The zero-order valence-corrected chi connectivity index (χ0v) is 11.9. The van der Waals surface area contributed by atoms with Crippen LogP contribution in [0.2, 0.25) is 0 Å². The summed E-state index contributed by atoms with van der Waals surface area (Å²) < 4.78 is 0. The molecule has 1 nitrogen and oxygen atoms in total. The van der Waals surface area contributed by atoms with Crippen LogP contribution in [0.15, 0.2) is 30.3 Å². The van der Waals surface area contributed by atoms with Gasteiger partial charge in [0.15, 0.2) is 0 Å². The summed E-state index contributed by atoms with van der Waals surface area (Å²) in [6, 6.07) is 10.8. The maximum absolute atomic E-state index is 3.67. The highest BCUT2D eigenvalue weighted by Gasteiger charge is 2.17. The van der Waals surface area contributed by atoms with Crippen LogP contribution >= 0.6 is 0 Å². The highest BCUT2D eigenvalue weighted by molar-refractivity contribution is 5.18. The number of benzene rings is 1. The molecule has 1 fully saturated rings. The van der Waals surface area contributed by atoms with Gasteiger partial charge >= 0.3 is 0 Å². The summed E-state index contributed by atoms with van der Waals surface area (Å²) in [6.07, 6.45) is 5.71. The Hall–Kier alpha value is -0.820. The molecule has 1 aromatic carbocycles. The summed E-state index contributed by atoms with van der Waals surface area (Å²) in [5.74, 6) is 2.50. The predicted octanol–water partition coefficient (Wildman–Crippen LogP) is 4.21. The monoisotopic (exact) mass is 245 g/mol. The summed E-state index contributed by atoms with van der Waals surface area (Å²) >= 11 is 0. The molecule has 1 atom stereocenters. The van der Waals surface area contributed by atoms with E-state index in [4.69, 9.17) is 0 Å². The highest BCUT2D eigenvalue weighted by Crippen LogP contribution is 2.27. The van der Waals surface area contributed by atoms with Crippen LogP contribution in [-0.2, 0) is 0 Å². The Morgan fingerprint density at radius 3 is 2.44 bits per heavy atom. The smallest absolute Gasteiger partial charge is 0.00176 e. The van der Waals surface area contributed by atoms with Crippen LogP contribution in [0.3, 0.4) is 0 Å². The average Bonchev–Trinajstić information content (AvgIpc) is 2.42. The molecule has 0 bridgehead atoms. The van der Waals surface area contributed by atoms with Gasteiger partial charge in [0.05, 0.1) is 0 Å². The van der Waals surface area contributed by atoms with Crippen molar-refractivity contribution in [1.82, 2.24) is 5.32 Å². The summed E-state index contributed by atoms with van der Waals surface area (Å²) in [4.78, 5) is 0. The molecule has 1 unspecified atom stereocenters. The number of nitrogens with one attached hydrogen (secondary N) is 1. The minimum absolute atomic E-state index is 0.619. The second-order valence-corrected chi connectivity index (χ2v) is 6.10. The molecule has 18 heavy (non-hydrogen) atoms. The van der Waals surface area contributed by atoms with Crippen LogP contribution in [0.4, 0.5) is 0 Å². The van der Waals surface area contributed by atoms with Crippen molar-refractivity contribution in [2.24, 2.45) is 11.8 Å². The lowest BCUT2D eigenvalue weighted by Crippen LogP contribution is -2.28. The van der Waals surface area contributed by atoms with Gasteiger partial charge in [-0.2, -0.15) is 0 Å². The lowest BCUT2D eigenvalue weighted by molar-refractivity contribution is 0.281. The molecule has 0 radical (unpaired) electrons. The molecule has 0 heterocycles. The van der Waals surface area contributed by atoms with Crippen LogP contribution in [0, 0.1) is 11.8 Å². The van der Waals surface area contributed by atoms with E-state index in [0.717, 1.165) is 18.4 Å². The minimum atomic E-state index is 0.619. The van der Waals surface area contributed by atoms with E-state index in [9.17, 15) is 0 Å². The van der Waals surface area contributed by atoms with Crippen molar-refractivity contribution in [3.8, 4) is 0 Å². The van der Waals surface area contributed by atoms with Crippen molar-refractivity contribution in [3.63, 3.8) is 0 Å². The van der Waals surface area contributed by atoms with Gasteiger partial charge in [0, 0.05) is 6.54 Å². The van der Waals surface area contributed by atoms with E-state index < -0.39 is 0 Å². The first-order chi connectivity index (χ1) is 8.75. The molecule has 100 valence electrons. The van der Waals surface area contributed by atoms with Gasteiger partial charge < -0.3 is 5.32 Å². The molecule has 1 N–H and O–H groups in total. The third-order valence-corrected chi connectivity index (χ3v) is 4.39. The van der Waals surface area contributed by atoms with E-state index in [0.29, 0.717) is 5.92 Å². The SMILES string of the molecule is CC1CCC(CNCC(C)c2ccccc2)CC1. The Morgan fingerprint density at radius 1 is 1.11 bits per heavy atom. The third kappa shape index (κ3) is 4.13. The Labute approximate surface area is 112 Å². The molecule has 0 amide bonds. The van der Waals surface area contributed by atoms with E-state index >= 15 is 0 Å². The van der Waals surface area contributed by atoms with Crippen molar-refractivity contribution in [2.75, 3.05) is 13.1 Å². The fourth-order valence-electron chi connectivity index (χ4n) is 2.94. The predicted molar refractivity (Wildman–Crippen MR) is 78.8 cm³/mol. The van der Waals surface area contributed by atoms with Crippen LogP contribution < -0.4 is 5.32 Å². The molecular formula is C17H27N. The van der Waals surface area contributed by atoms with Gasteiger partial charge in [-0.05, 0) is 42.7 Å². The Morgan fingerprint density at radius 2 is 1.78 bits per heavy atom. The van der Waals surface area contributed by atoms with Gasteiger partial charge in [0.1, 0.15) is 0 Å². The first-order valence-corrected chi connectivity index (χ1v) is 7.51. The van der Waals surface area contributed by atoms with Crippen LogP contribution in [-0.4, -0.2) is 13.1 Å². The quantitative estimate of drug-likeness (QED) is 0.819. The molecule has 1 aromatic rings. The second kappa shape index (κ2) is 6.94. The zero-order chi connectivity index (χ0) is 12.8. The molecule has 2 rings (SSSR count). The number of hydrogen-bond donors (Lipinski definition) is 1. The normalized spacial score (nSPS) is 25.9. The van der Waals surface area contributed by atoms with Gasteiger partial charge in [-0.3, -0.25) is 0 Å². The Kier molecular flexibility index (Phi) is 5.25. The average molecular weight is 245 g/mol. The zero-order valence-electron chi connectivity index (χ0n) is 11.9. The van der Waals surface area contributed by atoms with Crippen molar-refractivity contribution >= 4 is 0 Å². The van der Waals surface area contributed by atoms with Crippen LogP contribution in [0.5, 0.6) is 0 Å². The van der Waals surface area contributed by atoms with E-state index in [1.807, 2.05) is 0 Å². The number of rotatable bonds is 5.